The second kappa shape index (κ2) is 7.58. The summed E-state index contributed by atoms with van der Waals surface area (Å²) in [6.45, 7) is 0. The lowest BCUT2D eigenvalue weighted by atomic mass is 9.97. The first-order valence-electron chi connectivity index (χ1n) is 7.87. The van der Waals surface area contributed by atoms with E-state index in [-0.39, 0.29) is 12.2 Å². The average Bonchev–Trinajstić information content (AvgIpc) is 2.63. The number of hydrogen-bond donors (Lipinski definition) is 1. The molecule has 1 N–H and O–H groups in total. The molecule has 0 radical (unpaired) electrons. The summed E-state index contributed by atoms with van der Waals surface area (Å²) in [5.41, 5.74) is 1.03. The number of anilines is 1. The van der Waals surface area contributed by atoms with E-state index in [1.807, 2.05) is 0 Å². The lowest BCUT2D eigenvalue weighted by Crippen LogP contribution is -2.37. The first kappa shape index (κ1) is 17.9. The zero-order valence-electron chi connectivity index (χ0n) is 13.9. The SMILES string of the molecule is COc1cc(NC(=O)N2C=CC(=O)C[C@H]2c2cccc(F)c2)ccc1Cl. The molecule has 0 spiro atoms. The first-order chi connectivity index (χ1) is 12.5. The summed E-state index contributed by atoms with van der Waals surface area (Å²) in [4.78, 5) is 25.9. The zero-order chi connectivity index (χ0) is 18.7. The summed E-state index contributed by atoms with van der Waals surface area (Å²) in [7, 11) is 1.48. The topological polar surface area (TPSA) is 58.6 Å². The van der Waals surface area contributed by atoms with Crippen LogP contribution in [-0.2, 0) is 4.79 Å². The van der Waals surface area contributed by atoms with Crippen LogP contribution in [0.25, 0.3) is 0 Å². The van der Waals surface area contributed by atoms with E-state index < -0.39 is 17.9 Å². The third-order valence-corrected chi connectivity index (χ3v) is 4.33. The molecule has 0 fully saturated rings. The number of hydrogen-bond acceptors (Lipinski definition) is 3. The van der Waals surface area contributed by atoms with Gasteiger partial charge in [-0.15, -0.1) is 0 Å². The van der Waals surface area contributed by atoms with Crippen LogP contribution < -0.4 is 10.1 Å². The van der Waals surface area contributed by atoms with Gasteiger partial charge < -0.3 is 10.1 Å². The smallest absolute Gasteiger partial charge is 0.326 e. The standard InChI is InChI=1S/C19H16ClFN2O3/c1-26-18-10-14(5-6-16(18)20)22-19(25)23-8-7-15(24)11-17(23)12-3-2-4-13(21)9-12/h2-10,17H,11H2,1H3,(H,22,25)/t17-/m0/s1. The van der Waals surface area contributed by atoms with E-state index in [0.29, 0.717) is 22.0 Å². The van der Waals surface area contributed by atoms with Gasteiger partial charge >= 0.3 is 6.03 Å². The molecule has 2 aromatic carbocycles. The Balaban J connectivity index is 1.86. The highest BCUT2D eigenvalue weighted by atomic mass is 35.5. The van der Waals surface area contributed by atoms with Crippen LogP contribution in [0.1, 0.15) is 18.0 Å². The highest BCUT2D eigenvalue weighted by Crippen LogP contribution is 2.31. The van der Waals surface area contributed by atoms with Crippen LogP contribution in [0.3, 0.4) is 0 Å². The molecule has 2 aromatic rings. The first-order valence-corrected chi connectivity index (χ1v) is 8.25. The molecule has 2 amide bonds. The summed E-state index contributed by atoms with van der Waals surface area (Å²) >= 11 is 5.98. The lowest BCUT2D eigenvalue weighted by molar-refractivity contribution is -0.116. The normalized spacial score (nSPS) is 16.5. The van der Waals surface area contributed by atoms with E-state index >= 15 is 0 Å². The molecule has 26 heavy (non-hydrogen) atoms. The maximum absolute atomic E-state index is 13.6. The van der Waals surface area contributed by atoms with E-state index in [9.17, 15) is 14.0 Å². The lowest BCUT2D eigenvalue weighted by Gasteiger charge is -2.31. The number of rotatable bonds is 3. The van der Waals surface area contributed by atoms with Gasteiger partial charge in [-0.3, -0.25) is 9.69 Å². The predicted octanol–water partition coefficient (Wildman–Crippen LogP) is 4.55. The number of ketones is 1. The number of allylic oxidation sites excluding steroid dienone is 1. The molecule has 1 atom stereocenters. The second-order valence-electron chi connectivity index (χ2n) is 5.74. The van der Waals surface area contributed by atoms with Crippen molar-refractivity contribution in [2.24, 2.45) is 0 Å². The van der Waals surface area contributed by atoms with Crippen LogP contribution >= 0.6 is 11.6 Å². The Hall–Kier alpha value is -2.86. The van der Waals surface area contributed by atoms with Gasteiger partial charge in [-0.1, -0.05) is 23.7 Å². The molecular formula is C19H16ClFN2O3. The van der Waals surface area contributed by atoms with Crippen molar-refractivity contribution in [2.45, 2.75) is 12.5 Å². The van der Waals surface area contributed by atoms with Crippen LogP contribution in [0.4, 0.5) is 14.9 Å². The maximum atomic E-state index is 13.6. The highest BCUT2D eigenvalue weighted by molar-refractivity contribution is 6.32. The van der Waals surface area contributed by atoms with Crippen LogP contribution in [0.15, 0.2) is 54.7 Å². The van der Waals surface area contributed by atoms with Gasteiger partial charge in [0.05, 0.1) is 18.2 Å². The molecule has 0 unspecified atom stereocenters. The van der Waals surface area contributed by atoms with Crippen molar-refractivity contribution in [2.75, 3.05) is 12.4 Å². The van der Waals surface area contributed by atoms with E-state index in [0.717, 1.165) is 0 Å². The summed E-state index contributed by atoms with van der Waals surface area (Å²) in [6, 6.07) is 9.67. The van der Waals surface area contributed by atoms with Crippen molar-refractivity contribution in [3.05, 3.63) is 71.1 Å². The number of methoxy groups -OCH3 is 1. The van der Waals surface area contributed by atoms with E-state index in [2.05, 4.69) is 5.32 Å². The molecule has 0 aliphatic carbocycles. The van der Waals surface area contributed by atoms with Crippen LogP contribution in [0.2, 0.25) is 5.02 Å². The van der Waals surface area contributed by atoms with Crippen molar-refractivity contribution >= 4 is 29.1 Å². The number of nitrogens with one attached hydrogen (secondary N) is 1. The van der Waals surface area contributed by atoms with Crippen molar-refractivity contribution in [3.63, 3.8) is 0 Å². The van der Waals surface area contributed by atoms with Crippen molar-refractivity contribution in [1.29, 1.82) is 0 Å². The number of carbonyl (C=O) groups excluding carboxylic acids is 2. The molecule has 134 valence electrons. The third kappa shape index (κ3) is 3.86. The summed E-state index contributed by atoms with van der Waals surface area (Å²) < 4.78 is 18.7. The number of nitrogens with zero attached hydrogens (tertiary/aromatic N) is 1. The van der Waals surface area contributed by atoms with Gasteiger partial charge in [0.15, 0.2) is 5.78 Å². The van der Waals surface area contributed by atoms with Gasteiger partial charge in [-0.2, -0.15) is 0 Å². The number of benzene rings is 2. The van der Waals surface area contributed by atoms with Gasteiger partial charge in [0, 0.05) is 24.4 Å². The molecule has 5 nitrogen and oxygen atoms in total. The largest absolute Gasteiger partial charge is 0.495 e. The van der Waals surface area contributed by atoms with Gasteiger partial charge in [-0.05, 0) is 35.9 Å². The fourth-order valence-corrected chi connectivity index (χ4v) is 2.95. The second-order valence-corrected chi connectivity index (χ2v) is 6.15. The molecule has 3 rings (SSSR count). The predicted molar refractivity (Wildman–Crippen MR) is 96.8 cm³/mol. The molecule has 1 heterocycles. The van der Waals surface area contributed by atoms with Crippen molar-refractivity contribution in [3.8, 4) is 5.75 Å². The van der Waals surface area contributed by atoms with Crippen molar-refractivity contribution in [1.82, 2.24) is 4.90 Å². The fourth-order valence-electron chi connectivity index (χ4n) is 2.75. The zero-order valence-corrected chi connectivity index (χ0v) is 14.7. The number of carbonyl (C=O) groups is 2. The molecule has 0 aromatic heterocycles. The Morgan fingerprint density at radius 1 is 1.31 bits per heavy atom. The monoisotopic (exact) mass is 374 g/mol. The highest BCUT2D eigenvalue weighted by Gasteiger charge is 2.29. The van der Waals surface area contributed by atoms with Gasteiger partial charge in [0.25, 0.3) is 0 Å². The minimum absolute atomic E-state index is 0.0807. The van der Waals surface area contributed by atoms with E-state index in [1.54, 1.807) is 30.3 Å². The molecule has 0 bridgehead atoms. The average molecular weight is 375 g/mol. The minimum atomic E-state index is -0.586. The summed E-state index contributed by atoms with van der Waals surface area (Å²) in [5.74, 6) is -0.126. The maximum Gasteiger partial charge on any atom is 0.326 e. The summed E-state index contributed by atoms with van der Waals surface area (Å²) in [5, 5.41) is 3.16. The summed E-state index contributed by atoms with van der Waals surface area (Å²) in [6.07, 6.45) is 2.82. The molecular weight excluding hydrogens is 359 g/mol. The van der Waals surface area contributed by atoms with Gasteiger partial charge in [0.1, 0.15) is 11.6 Å². The number of halogens is 2. The number of amides is 2. The molecule has 0 saturated heterocycles. The Bertz CT molecular complexity index is 885. The Morgan fingerprint density at radius 2 is 2.12 bits per heavy atom. The van der Waals surface area contributed by atoms with Gasteiger partial charge in [0.2, 0.25) is 0 Å². The molecule has 7 heteroatoms. The van der Waals surface area contributed by atoms with E-state index in [1.165, 1.54) is 36.4 Å². The molecule has 1 aliphatic rings. The quantitative estimate of drug-likeness (QED) is 0.857. The van der Waals surface area contributed by atoms with Gasteiger partial charge in [-0.25, -0.2) is 9.18 Å². The van der Waals surface area contributed by atoms with Crippen LogP contribution in [0.5, 0.6) is 5.75 Å². The third-order valence-electron chi connectivity index (χ3n) is 4.02. The fraction of sp³-hybridized carbons (Fsp3) is 0.158. The number of urea groups is 1. The molecule has 1 aliphatic heterocycles. The van der Waals surface area contributed by atoms with Crippen LogP contribution in [0, 0.1) is 5.82 Å². The van der Waals surface area contributed by atoms with Crippen molar-refractivity contribution < 1.29 is 18.7 Å². The Morgan fingerprint density at radius 3 is 2.85 bits per heavy atom. The molecule has 0 saturated carbocycles. The van der Waals surface area contributed by atoms with Crippen LogP contribution in [-0.4, -0.2) is 23.8 Å². The Kier molecular flexibility index (Phi) is 5.23. The minimum Gasteiger partial charge on any atom is -0.495 e. The Labute approximate surface area is 155 Å². The number of ether oxygens (including phenoxy) is 1. The van der Waals surface area contributed by atoms with E-state index in [4.69, 9.17) is 16.3 Å².